The van der Waals surface area contributed by atoms with E-state index in [0.29, 0.717) is 5.96 Å². The lowest BCUT2D eigenvalue weighted by Crippen LogP contribution is -2.46. The maximum atomic E-state index is 11.8. The highest BCUT2D eigenvalue weighted by Gasteiger charge is 2.31. The van der Waals surface area contributed by atoms with Crippen LogP contribution in [-0.2, 0) is 4.79 Å². The first-order valence-corrected chi connectivity index (χ1v) is 6.94. The van der Waals surface area contributed by atoms with Crippen LogP contribution in [0.5, 0.6) is 0 Å². The Morgan fingerprint density at radius 1 is 1.53 bits per heavy atom. The molecule has 2 heterocycles. The first-order chi connectivity index (χ1) is 7.87. The molecular formula is C11H14BrN3OS. The van der Waals surface area contributed by atoms with E-state index in [1.54, 1.807) is 0 Å². The van der Waals surface area contributed by atoms with E-state index in [9.17, 15) is 4.79 Å². The van der Waals surface area contributed by atoms with Crippen molar-refractivity contribution in [2.75, 3.05) is 0 Å². The molecule has 1 aromatic rings. The number of nitrogens with one attached hydrogen (secondary N) is 2. The smallest absolute Gasteiger partial charge is 0.257 e. The van der Waals surface area contributed by atoms with Crippen molar-refractivity contribution in [3.05, 3.63) is 20.8 Å². The minimum Gasteiger partial charge on any atom is -0.351 e. The van der Waals surface area contributed by atoms with E-state index < -0.39 is 6.04 Å². The van der Waals surface area contributed by atoms with Crippen LogP contribution < -0.4 is 10.6 Å². The predicted molar refractivity (Wildman–Crippen MR) is 73.2 cm³/mol. The third-order valence-corrected chi connectivity index (χ3v) is 4.06. The summed E-state index contributed by atoms with van der Waals surface area (Å²) in [7, 11) is 0. The van der Waals surface area contributed by atoms with Gasteiger partial charge >= 0.3 is 0 Å². The third kappa shape index (κ3) is 2.87. The van der Waals surface area contributed by atoms with Gasteiger partial charge in [0, 0.05) is 10.0 Å². The van der Waals surface area contributed by atoms with E-state index in [-0.39, 0.29) is 11.4 Å². The van der Waals surface area contributed by atoms with Gasteiger partial charge in [0.15, 0.2) is 12.0 Å². The average molecular weight is 316 g/mol. The Balaban J connectivity index is 2.21. The van der Waals surface area contributed by atoms with Crippen LogP contribution in [0.25, 0.3) is 0 Å². The summed E-state index contributed by atoms with van der Waals surface area (Å²) in [6, 6.07) is 1.49. The second-order valence-electron chi connectivity index (χ2n) is 4.88. The van der Waals surface area contributed by atoms with Crippen LogP contribution in [-0.4, -0.2) is 17.4 Å². The molecule has 0 aliphatic carbocycles. The van der Waals surface area contributed by atoms with E-state index in [1.807, 2.05) is 32.2 Å². The highest BCUT2D eigenvalue weighted by Crippen LogP contribution is 2.33. The number of thiophene rings is 1. The monoisotopic (exact) mass is 315 g/mol. The van der Waals surface area contributed by atoms with Crippen LogP contribution in [0.2, 0.25) is 0 Å². The van der Waals surface area contributed by atoms with Crippen molar-refractivity contribution in [3.63, 3.8) is 0 Å². The minimum absolute atomic E-state index is 0.0834. The van der Waals surface area contributed by atoms with Gasteiger partial charge < -0.3 is 5.32 Å². The summed E-state index contributed by atoms with van der Waals surface area (Å²) >= 11 is 4.95. The van der Waals surface area contributed by atoms with Crippen molar-refractivity contribution in [2.45, 2.75) is 32.4 Å². The number of hydrogen-bond acceptors (Lipinski definition) is 4. The fourth-order valence-corrected chi connectivity index (χ4v) is 3.13. The molecule has 0 saturated carbocycles. The highest BCUT2D eigenvalue weighted by atomic mass is 79.9. The largest absolute Gasteiger partial charge is 0.351 e. The normalized spacial score (nSPS) is 20.1. The zero-order chi connectivity index (χ0) is 12.6. The number of carbonyl (C=O) groups is 1. The molecule has 1 aliphatic heterocycles. The number of amides is 1. The van der Waals surface area contributed by atoms with Crippen molar-refractivity contribution >= 4 is 39.1 Å². The second kappa shape index (κ2) is 4.42. The number of nitrogens with zero attached hydrogens (tertiary/aromatic N) is 1. The van der Waals surface area contributed by atoms with E-state index in [1.165, 1.54) is 11.3 Å². The van der Waals surface area contributed by atoms with Gasteiger partial charge in [-0.2, -0.15) is 0 Å². The summed E-state index contributed by atoms with van der Waals surface area (Å²) in [5.74, 6) is 0.465. The molecule has 1 aromatic heterocycles. The SMILES string of the molecule is CC(C)(C)NC1=NC(c2sccc2Br)C(=O)N1. The number of rotatable bonds is 1. The zero-order valence-corrected chi connectivity index (χ0v) is 12.3. The molecule has 0 saturated heterocycles. The Kier molecular flexibility index (Phi) is 3.27. The van der Waals surface area contributed by atoms with E-state index in [0.717, 1.165) is 9.35 Å². The van der Waals surface area contributed by atoms with Crippen LogP contribution in [0.15, 0.2) is 20.9 Å². The molecule has 1 amide bonds. The van der Waals surface area contributed by atoms with Gasteiger partial charge in [0.05, 0.1) is 4.88 Å². The number of hydrogen-bond donors (Lipinski definition) is 2. The first-order valence-electron chi connectivity index (χ1n) is 5.26. The number of aliphatic imine (C=N–C) groups is 1. The maximum Gasteiger partial charge on any atom is 0.257 e. The molecule has 0 fully saturated rings. The molecule has 1 unspecified atom stereocenters. The van der Waals surface area contributed by atoms with Gasteiger partial charge in [-0.3, -0.25) is 10.1 Å². The Bertz CT molecular complexity index is 475. The quantitative estimate of drug-likeness (QED) is 0.836. The summed E-state index contributed by atoms with van der Waals surface area (Å²) in [4.78, 5) is 17.2. The van der Waals surface area contributed by atoms with E-state index >= 15 is 0 Å². The van der Waals surface area contributed by atoms with Gasteiger partial charge in [-0.05, 0) is 48.1 Å². The van der Waals surface area contributed by atoms with Crippen molar-refractivity contribution < 1.29 is 4.79 Å². The summed E-state index contributed by atoms with van der Waals surface area (Å²) in [6.45, 7) is 6.07. The van der Waals surface area contributed by atoms with Gasteiger partial charge in [-0.15, -0.1) is 11.3 Å². The molecule has 2 rings (SSSR count). The van der Waals surface area contributed by atoms with Gasteiger partial charge in [0.1, 0.15) is 0 Å². The second-order valence-corrected chi connectivity index (χ2v) is 6.68. The molecule has 1 aliphatic rings. The molecule has 0 radical (unpaired) electrons. The van der Waals surface area contributed by atoms with Crippen LogP contribution >= 0.6 is 27.3 Å². The molecule has 1 atom stereocenters. The minimum atomic E-state index is -0.436. The summed E-state index contributed by atoms with van der Waals surface area (Å²) in [6.07, 6.45) is 0. The lowest BCUT2D eigenvalue weighted by atomic mass is 10.1. The molecule has 92 valence electrons. The molecule has 0 spiro atoms. The third-order valence-electron chi connectivity index (χ3n) is 2.13. The van der Waals surface area contributed by atoms with Crippen molar-refractivity contribution in [1.82, 2.24) is 10.6 Å². The Morgan fingerprint density at radius 3 is 2.76 bits per heavy atom. The van der Waals surface area contributed by atoms with Gasteiger partial charge in [-0.25, -0.2) is 4.99 Å². The summed E-state index contributed by atoms with van der Waals surface area (Å²) in [5, 5.41) is 7.87. The van der Waals surface area contributed by atoms with Crippen molar-refractivity contribution in [1.29, 1.82) is 0 Å². The molecule has 0 aromatic carbocycles. The van der Waals surface area contributed by atoms with Crippen LogP contribution in [0.1, 0.15) is 31.7 Å². The molecule has 4 nitrogen and oxygen atoms in total. The number of carbonyl (C=O) groups excluding carboxylic acids is 1. The molecule has 0 bridgehead atoms. The summed E-state index contributed by atoms with van der Waals surface area (Å²) in [5.41, 5.74) is -0.117. The Morgan fingerprint density at radius 2 is 2.24 bits per heavy atom. The van der Waals surface area contributed by atoms with E-state index in [4.69, 9.17) is 0 Å². The lowest BCUT2D eigenvalue weighted by molar-refractivity contribution is -0.120. The maximum absolute atomic E-state index is 11.8. The average Bonchev–Trinajstić information content (AvgIpc) is 2.70. The predicted octanol–water partition coefficient (Wildman–Crippen LogP) is 2.43. The fourth-order valence-electron chi connectivity index (χ4n) is 1.50. The fraction of sp³-hybridized carbons (Fsp3) is 0.455. The highest BCUT2D eigenvalue weighted by molar-refractivity contribution is 9.10. The summed E-state index contributed by atoms with van der Waals surface area (Å²) < 4.78 is 0.934. The van der Waals surface area contributed by atoms with Gasteiger partial charge in [0.25, 0.3) is 5.91 Å². The number of guanidine groups is 1. The molecule has 17 heavy (non-hydrogen) atoms. The van der Waals surface area contributed by atoms with Gasteiger partial charge in [0.2, 0.25) is 0 Å². The molecular weight excluding hydrogens is 302 g/mol. The number of halogens is 1. The van der Waals surface area contributed by atoms with Crippen molar-refractivity contribution in [3.8, 4) is 0 Å². The zero-order valence-electron chi connectivity index (χ0n) is 9.87. The molecule has 6 heteroatoms. The van der Waals surface area contributed by atoms with E-state index in [2.05, 4.69) is 31.6 Å². The topological polar surface area (TPSA) is 53.5 Å². The first kappa shape index (κ1) is 12.6. The van der Waals surface area contributed by atoms with Crippen LogP contribution in [0, 0.1) is 0 Å². The lowest BCUT2D eigenvalue weighted by Gasteiger charge is -2.21. The van der Waals surface area contributed by atoms with Crippen LogP contribution in [0.3, 0.4) is 0 Å². The molecule has 2 N–H and O–H groups in total. The Labute approximate surface area is 113 Å². The Hall–Kier alpha value is -0.880. The van der Waals surface area contributed by atoms with Crippen LogP contribution in [0.4, 0.5) is 0 Å². The standard InChI is InChI=1S/C11H14BrN3OS/c1-11(2,3)15-10-13-7(9(16)14-10)8-6(12)4-5-17-8/h4-5,7H,1-3H3,(H2,13,14,15,16). The van der Waals surface area contributed by atoms with Crippen molar-refractivity contribution in [2.24, 2.45) is 4.99 Å². The van der Waals surface area contributed by atoms with Gasteiger partial charge in [-0.1, -0.05) is 0 Å².